The predicted molar refractivity (Wildman–Crippen MR) is 141 cm³/mol. The number of nitrogens with one attached hydrogen (secondary N) is 2. The molecule has 8 nitrogen and oxygen atoms in total. The zero-order chi connectivity index (χ0) is 26.1. The fraction of sp³-hybridized carbons (Fsp3) is 0.423. The van der Waals surface area contributed by atoms with Crippen molar-refractivity contribution in [3.63, 3.8) is 0 Å². The number of hydrogen-bond donors (Lipinski definition) is 2. The van der Waals surface area contributed by atoms with Crippen LogP contribution in [0.3, 0.4) is 0 Å². The van der Waals surface area contributed by atoms with Gasteiger partial charge in [0, 0.05) is 17.9 Å². The van der Waals surface area contributed by atoms with Gasteiger partial charge >= 0.3 is 6.09 Å². The van der Waals surface area contributed by atoms with Crippen LogP contribution in [-0.4, -0.2) is 53.0 Å². The SMILES string of the molecule is COC(=O)NCC(=O)Nc1ccc(CC(=O)N(CCO[Si](C)(C)C(C)(C)C)c2ccccc2)cc1. The highest BCUT2D eigenvalue weighted by molar-refractivity contribution is 6.74. The van der Waals surface area contributed by atoms with Gasteiger partial charge in [-0.15, -0.1) is 0 Å². The number of alkyl carbamates (subject to hydrolysis) is 1. The molecule has 0 heterocycles. The summed E-state index contributed by atoms with van der Waals surface area (Å²) in [4.78, 5) is 38.0. The summed E-state index contributed by atoms with van der Waals surface area (Å²) in [6.45, 7) is 11.7. The van der Waals surface area contributed by atoms with Crippen LogP contribution in [-0.2, 0) is 25.2 Å². The van der Waals surface area contributed by atoms with Crippen LogP contribution in [0, 0.1) is 0 Å². The van der Waals surface area contributed by atoms with Crippen molar-refractivity contribution in [1.82, 2.24) is 5.32 Å². The largest absolute Gasteiger partial charge is 0.453 e. The molecular formula is C26H37N3O5Si. The van der Waals surface area contributed by atoms with E-state index in [1.165, 1.54) is 7.11 Å². The topological polar surface area (TPSA) is 97.0 Å². The molecule has 0 atom stereocenters. The smallest absolute Gasteiger partial charge is 0.407 e. The molecule has 2 aromatic carbocycles. The first-order chi connectivity index (χ1) is 16.4. The lowest BCUT2D eigenvalue weighted by atomic mass is 10.1. The maximum atomic E-state index is 13.3. The molecule has 0 saturated carbocycles. The van der Waals surface area contributed by atoms with E-state index in [-0.39, 0.29) is 29.8 Å². The van der Waals surface area contributed by atoms with E-state index in [2.05, 4.69) is 49.2 Å². The van der Waals surface area contributed by atoms with E-state index < -0.39 is 14.4 Å². The van der Waals surface area contributed by atoms with E-state index in [0.717, 1.165) is 11.3 Å². The van der Waals surface area contributed by atoms with Crippen molar-refractivity contribution in [2.24, 2.45) is 0 Å². The highest BCUT2D eigenvalue weighted by Gasteiger charge is 2.37. The van der Waals surface area contributed by atoms with E-state index in [1.54, 1.807) is 29.2 Å². The molecule has 0 unspecified atom stereocenters. The summed E-state index contributed by atoms with van der Waals surface area (Å²) in [5, 5.41) is 5.11. The van der Waals surface area contributed by atoms with Gasteiger partial charge in [-0.3, -0.25) is 9.59 Å². The normalized spacial score (nSPS) is 11.5. The number of methoxy groups -OCH3 is 1. The molecule has 0 aliphatic carbocycles. The van der Waals surface area contributed by atoms with Gasteiger partial charge in [-0.25, -0.2) is 4.79 Å². The molecule has 0 aliphatic rings. The van der Waals surface area contributed by atoms with Crippen LogP contribution in [0.4, 0.5) is 16.2 Å². The van der Waals surface area contributed by atoms with Gasteiger partial charge in [-0.05, 0) is 48.0 Å². The number of rotatable bonds is 10. The molecule has 0 aromatic heterocycles. The van der Waals surface area contributed by atoms with E-state index >= 15 is 0 Å². The van der Waals surface area contributed by atoms with Crippen LogP contribution >= 0.6 is 0 Å². The monoisotopic (exact) mass is 499 g/mol. The third kappa shape index (κ3) is 8.84. The number of hydrogen-bond acceptors (Lipinski definition) is 5. The Labute approximate surface area is 209 Å². The van der Waals surface area contributed by atoms with Crippen LogP contribution in [0.5, 0.6) is 0 Å². The summed E-state index contributed by atoms with van der Waals surface area (Å²) in [7, 11) is -0.689. The van der Waals surface area contributed by atoms with E-state index in [1.807, 2.05) is 30.3 Å². The zero-order valence-corrected chi connectivity index (χ0v) is 22.5. The Kier molecular flexibility index (Phi) is 10.0. The Morgan fingerprint density at radius 3 is 2.17 bits per heavy atom. The maximum Gasteiger partial charge on any atom is 0.407 e. The second-order valence-corrected chi connectivity index (χ2v) is 14.6. The van der Waals surface area contributed by atoms with Gasteiger partial charge in [0.1, 0.15) is 6.54 Å². The van der Waals surface area contributed by atoms with Crippen LogP contribution in [0.2, 0.25) is 18.1 Å². The van der Waals surface area contributed by atoms with Gasteiger partial charge in [0.05, 0.1) is 20.1 Å². The molecule has 0 bridgehead atoms. The van der Waals surface area contributed by atoms with Crippen LogP contribution in [0.25, 0.3) is 0 Å². The minimum absolute atomic E-state index is 0.0332. The molecule has 3 amide bonds. The number of benzene rings is 2. The van der Waals surface area contributed by atoms with Crippen LogP contribution < -0.4 is 15.5 Å². The molecule has 190 valence electrons. The number of carbonyl (C=O) groups excluding carboxylic acids is 3. The first kappa shape index (κ1) is 28.1. The fourth-order valence-corrected chi connectivity index (χ4v) is 4.05. The van der Waals surface area contributed by atoms with Gasteiger partial charge in [0.2, 0.25) is 11.8 Å². The number of para-hydroxylation sites is 1. The molecule has 9 heteroatoms. The van der Waals surface area contributed by atoms with Crippen molar-refractivity contribution in [1.29, 1.82) is 0 Å². The number of carbonyl (C=O) groups is 3. The lowest BCUT2D eigenvalue weighted by molar-refractivity contribution is -0.118. The number of anilines is 2. The highest BCUT2D eigenvalue weighted by Crippen LogP contribution is 2.36. The highest BCUT2D eigenvalue weighted by atomic mass is 28.4. The number of amides is 3. The van der Waals surface area contributed by atoms with E-state index in [0.29, 0.717) is 18.8 Å². The number of ether oxygens (including phenoxy) is 1. The molecule has 0 spiro atoms. The number of nitrogens with zero attached hydrogens (tertiary/aromatic N) is 1. The Balaban J connectivity index is 2.01. The lowest BCUT2D eigenvalue weighted by Crippen LogP contribution is -2.44. The summed E-state index contributed by atoms with van der Waals surface area (Å²) < 4.78 is 10.8. The molecule has 0 radical (unpaired) electrons. The Hall–Kier alpha value is -3.17. The average Bonchev–Trinajstić information content (AvgIpc) is 2.81. The second kappa shape index (κ2) is 12.5. The first-order valence-electron chi connectivity index (χ1n) is 11.6. The van der Waals surface area contributed by atoms with Gasteiger partial charge < -0.3 is 24.7 Å². The molecule has 35 heavy (non-hydrogen) atoms. The average molecular weight is 500 g/mol. The maximum absolute atomic E-state index is 13.3. The van der Waals surface area contributed by atoms with Crippen molar-refractivity contribution in [3.05, 3.63) is 60.2 Å². The molecule has 2 N–H and O–H groups in total. The standard InChI is InChI=1S/C26H37N3O5Si/c1-26(2,3)35(5,6)34-17-16-29(22-10-8-7-9-11-22)24(31)18-20-12-14-21(15-13-20)28-23(30)19-27-25(32)33-4/h7-15H,16-19H2,1-6H3,(H,27,32)(H,28,30). The Morgan fingerprint density at radius 1 is 0.971 bits per heavy atom. The van der Waals surface area contributed by atoms with Crippen LogP contribution in [0.15, 0.2) is 54.6 Å². The van der Waals surface area contributed by atoms with Crippen molar-refractivity contribution >= 4 is 37.6 Å². The summed E-state index contributed by atoms with van der Waals surface area (Å²) in [6, 6.07) is 16.7. The summed E-state index contributed by atoms with van der Waals surface area (Å²) in [6.07, 6.45) is -0.459. The summed E-state index contributed by atoms with van der Waals surface area (Å²) in [5.74, 6) is -0.412. The van der Waals surface area contributed by atoms with Gasteiger partial charge in [-0.2, -0.15) is 0 Å². The van der Waals surface area contributed by atoms with Crippen molar-refractivity contribution in [2.75, 3.05) is 37.0 Å². The van der Waals surface area contributed by atoms with E-state index in [4.69, 9.17) is 4.43 Å². The third-order valence-corrected chi connectivity index (χ3v) is 10.7. The fourth-order valence-electron chi connectivity index (χ4n) is 3.02. The molecular weight excluding hydrogens is 462 g/mol. The first-order valence-corrected chi connectivity index (χ1v) is 14.5. The minimum atomic E-state index is -1.92. The Bertz CT molecular complexity index is 988. The molecule has 2 aromatic rings. The summed E-state index contributed by atoms with van der Waals surface area (Å²) in [5.41, 5.74) is 2.23. The molecule has 0 saturated heterocycles. The van der Waals surface area contributed by atoms with Crippen molar-refractivity contribution in [2.45, 2.75) is 45.3 Å². The van der Waals surface area contributed by atoms with Gasteiger partial charge in [-0.1, -0.05) is 51.1 Å². The molecule has 2 rings (SSSR count). The minimum Gasteiger partial charge on any atom is -0.453 e. The van der Waals surface area contributed by atoms with Gasteiger partial charge in [0.25, 0.3) is 0 Å². The van der Waals surface area contributed by atoms with Crippen molar-refractivity contribution in [3.8, 4) is 0 Å². The second-order valence-electron chi connectivity index (χ2n) is 9.76. The van der Waals surface area contributed by atoms with Gasteiger partial charge in [0.15, 0.2) is 8.32 Å². The third-order valence-electron chi connectivity index (χ3n) is 6.12. The van der Waals surface area contributed by atoms with Crippen LogP contribution in [0.1, 0.15) is 26.3 Å². The summed E-state index contributed by atoms with van der Waals surface area (Å²) >= 11 is 0. The molecule has 0 fully saturated rings. The van der Waals surface area contributed by atoms with Crippen molar-refractivity contribution < 1.29 is 23.5 Å². The Morgan fingerprint density at radius 2 is 1.60 bits per heavy atom. The molecule has 0 aliphatic heterocycles. The predicted octanol–water partition coefficient (Wildman–Crippen LogP) is 4.58. The zero-order valence-electron chi connectivity index (χ0n) is 21.5. The lowest BCUT2D eigenvalue weighted by Gasteiger charge is -2.36. The van der Waals surface area contributed by atoms with E-state index in [9.17, 15) is 14.4 Å². The quantitative estimate of drug-likeness (QED) is 0.467.